The summed E-state index contributed by atoms with van der Waals surface area (Å²) in [4.78, 5) is 14.0. The Balaban J connectivity index is 2.19. The SMILES string of the molecule is CCO[C@H]1[C@@H]2CC=C[C@H](CCO)[C@@H]2C(=O)N1C. The van der Waals surface area contributed by atoms with E-state index < -0.39 is 0 Å². The molecule has 1 fully saturated rings. The molecule has 2 aliphatic rings. The van der Waals surface area contributed by atoms with Crippen LogP contribution in [0.2, 0.25) is 0 Å². The van der Waals surface area contributed by atoms with Gasteiger partial charge in [-0.2, -0.15) is 0 Å². The van der Waals surface area contributed by atoms with E-state index in [1.54, 1.807) is 4.90 Å². The minimum absolute atomic E-state index is 0.00583. The van der Waals surface area contributed by atoms with Crippen molar-refractivity contribution < 1.29 is 14.6 Å². The van der Waals surface area contributed by atoms with Gasteiger partial charge in [-0.15, -0.1) is 0 Å². The molecule has 17 heavy (non-hydrogen) atoms. The second-order valence-corrected chi connectivity index (χ2v) is 4.82. The van der Waals surface area contributed by atoms with Crippen molar-refractivity contribution in [2.75, 3.05) is 20.3 Å². The number of carbonyl (C=O) groups is 1. The van der Waals surface area contributed by atoms with Gasteiger partial charge in [0, 0.05) is 26.2 Å². The minimum Gasteiger partial charge on any atom is -0.396 e. The van der Waals surface area contributed by atoms with Crippen LogP contribution in [0.3, 0.4) is 0 Å². The van der Waals surface area contributed by atoms with Gasteiger partial charge in [-0.1, -0.05) is 12.2 Å². The first kappa shape index (κ1) is 12.6. The Morgan fingerprint density at radius 3 is 3.00 bits per heavy atom. The molecule has 0 saturated carbocycles. The molecule has 1 N–H and O–H groups in total. The number of ether oxygens (including phenoxy) is 1. The lowest BCUT2D eigenvalue weighted by Crippen LogP contribution is -2.34. The highest BCUT2D eigenvalue weighted by molar-refractivity contribution is 5.82. The van der Waals surface area contributed by atoms with Crippen LogP contribution in [0.1, 0.15) is 19.8 Å². The molecule has 4 nitrogen and oxygen atoms in total. The highest BCUT2D eigenvalue weighted by Crippen LogP contribution is 2.42. The van der Waals surface area contributed by atoms with E-state index in [0.29, 0.717) is 13.0 Å². The summed E-state index contributed by atoms with van der Waals surface area (Å²) in [6, 6.07) is 0. The van der Waals surface area contributed by atoms with Gasteiger partial charge in [0.1, 0.15) is 6.23 Å². The van der Waals surface area contributed by atoms with Gasteiger partial charge in [-0.25, -0.2) is 0 Å². The van der Waals surface area contributed by atoms with Gasteiger partial charge in [0.15, 0.2) is 0 Å². The quantitative estimate of drug-likeness (QED) is 0.745. The Kier molecular flexibility index (Phi) is 3.84. The molecule has 1 saturated heterocycles. The summed E-state index contributed by atoms with van der Waals surface area (Å²) in [5, 5.41) is 9.07. The minimum atomic E-state index is -0.0938. The van der Waals surface area contributed by atoms with E-state index in [-0.39, 0.29) is 36.5 Å². The number of amides is 1. The van der Waals surface area contributed by atoms with Crippen molar-refractivity contribution >= 4 is 5.91 Å². The van der Waals surface area contributed by atoms with Crippen LogP contribution in [0.4, 0.5) is 0 Å². The van der Waals surface area contributed by atoms with Gasteiger partial charge >= 0.3 is 0 Å². The van der Waals surface area contributed by atoms with Crippen LogP contribution < -0.4 is 0 Å². The number of aliphatic hydroxyl groups excluding tert-OH is 1. The topological polar surface area (TPSA) is 49.8 Å². The average molecular weight is 239 g/mol. The Hall–Kier alpha value is -0.870. The number of likely N-dealkylation sites (tertiary alicyclic amines) is 1. The summed E-state index contributed by atoms with van der Waals surface area (Å²) in [5.41, 5.74) is 0. The zero-order valence-electron chi connectivity index (χ0n) is 10.5. The molecule has 0 aromatic carbocycles. The van der Waals surface area contributed by atoms with Gasteiger partial charge in [0.05, 0.1) is 5.92 Å². The molecule has 0 spiro atoms. The summed E-state index contributed by atoms with van der Waals surface area (Å²) in [5.74, 6) is 0.568. The Morgan fingerprint density at radius 2 is 2.35 bits per heavy atom. The van der Waals surface area contributed by atoms with Crippen molar-refractivity contribution in [3.05, 3.63) is 12.2 Å². The van der Waals surface area contributed by atoms with Crippen LogP contribution in [0.25, 0.3) is 0 Å². The molecule has 0 unspecified atom stereocenters. The van der Waals surface area contributed by atoms with Crippen LogP contribution in [0, 0.1) is 17.8 Å². The van der Waals surface area contributed by atoms with Gasteiger partial charge in [-0.05, 0) is 25.7 Å². The number of aliphatic hydroxyl groups is 1. The Labute approximate surface area is 102 Å². The fraction of sp³-hybridized carbons (Fsp3) is 0.769. The third-order valence-corrected chi connectivity index (χ3v) is 3.89. The molecule has 0 radical (unpaired) electrons. The van der Waals surface area contributed by atoms with Crippen LogP contribution >= 0.6 is 0 Å². The monoisotopic (exact) mass is 239 g/mol. The number of rotatable bonds is 4. The number of nitrogens with zero attached hydrogens (tertiary/aromatic N) is 1. The van der Waals surface area contributed by atoms with Gasteiger partial charge in [0.2, 0.25) is 5.91 Å². The zero-order valence-corrected chi connectivity index (χ0v) is 10.5. The summed E-state index contributed by atoms with van der Waals surface area (Å²) in [6.07, 6.45) is 5.67. The van der Waals surface area contributed by atoms with E-state index >= 15 is 0 Å². The molecule has 1 amide bonds. The van der Waals surface area contributed by atoms with E-state index in [9.17, 15) is 4.79 Å². The van der Waals surface area contributed by atoms with Crippen LogP contribution in [0.15, 0.2) is 12.2 Å². The molecular formula is C13H21NO3. The summed E-state index contributed by atoms with van der Waals surface area (Å²) in [7, 11) is 1.82. The van der Waals surface area contributed by atoms with Crippen LogP contribution in [-0.2, 0) is 9.53 Å². The van der Waals surface area contributed by atoms with Crippen molar-refractivity contribution in [3.63, 3.8) is 0 Å². The highest BCUT2D eigenvalue weighted by Gasteiger charge is 2.49. The number of hydrogen-bond donors (Lipinski definition) is 1. The fourth-order valence-electron chi connectivity index (χ4n) is 3.13. The molecule has 2 rings (SSSR count). The van der Waals surface area contributed by atoms with Gasteiger partial charge in [0.25, 0.3) is 0 Å². The number of hydrogen-bond acceptors (Lipinski definition) is 3. The van der Waals surface area contributed by atoms with Crippen molar-refractivity contribution in [2.24, 2.45) is 17.8 Å². The van der Waals surface area contributed by atoms with Gasteiger partial charge in [-0.3, -0.25) is 4.79 Å². The first-order valence-corrected chi connectivity index (χ1v) is 6.36. The Bertz CT molecular complexity index is 316. The molecule has 1 heterocycles. The third kappa shape index (κ3) is 2.11. The first-order valence-electron chi connectivity index (χ1n) is 6.36. The normalized spacial score (nSPS) is 36.4. The Morgan fingerprint density at radius 1 is 1.59 bits per heavy atom. The molecule has 1 aliphatic heterocycles. The van der Waals surface area contributed by atoms with Gasteiger partial charge < -0.3 is 14.7 Å². The summed E-state index contributed by atoms with van der Waals surface area (Å²) >= 11 is 0. The summed E-state index contributed by atoms with van der Waals surface area (Å²) < 4.78 is 5.69. The standard InChI is InChI=1S/C13H21NO3/c1-3-17-13-10-6-4-5-9(7-8-15)11(10)12(16)14(13)2/h4-5,9-11,13,15H,3,6-8H2,1-2H3/t9-,10-,11+,13+/m1/s1. The van der Waals surface area contributed by atoms with E-state index in [1.165, 1.54) is 0 Å². The van der Waals surface area contributed by atoms with Crippen molar-refractivity contribution in [1.82, 2.24) is 4.90 Å². The van der Waals surface area contributed by atoms with E-state index in [0.717, 1.165) is 6.42 Å². The molecular weight excluding hydrogens is 218 g/mol. The fourth-order valence-corrected chi connectivity index (χ4v) is 3.13. The molecule has 0 bridgehead atoms. The van der Waals surface area contributed by atoms with E-state index in [4.69, 9.17) is 9.84 Å². The average Bonchev–Trinajstić information content (AvgIpc) is 2.56. The second-order valence-electron chi connectivity index (χ2n) is 4.82. The molecule has 4 heteroatoms. The van der Waals surface area contributed by atoms with Crippen LogP contribution in [0.5, 0.6) is 0 Å². The molecule has 0 aromatic heterocycles. The molecule has 1 aliphatic carbocycles. The van der Waals surface area contributed by atoms with E-state index in [1.807, 2.05) is 14.0 Å². The largest absolute Gasteiger partial charge is 0.396 e. The lowest BCUT2D eigenvalue weighted by atomic mass is 9.76. The lowest BCUT2D eigenvalue weighted by molar-refractivity contribution is -0.136. The molecule has 96 valence electrons. The smallest absolute Gasteiger partial charge is 0.228 e. The maximum atomic E-state index is 12.2. The third-order valence-electron chi connectivity index (χ3n) is 3.89. The molecule has 0 aromatic rings. The van der Waals surface area contributed by atoms with Crippen molar-refractivity contribution in [2.45, 2.75) is 26.0 Å². The first-order chi connectivity index (χ1) is 8.20. The second kappa shape index (κ2) is 5.19. The summed E-state index contributed by atoms with van der Waals surface area (Å²) in [6.45, 7) is 2.71. The van der Waals surface area contributed by atoms with Crippen molar-refractivity contribution in [3.8, 4) is 0 Å². The lowest BCUT2D eigenvalue weighted by Gasteiger charge is -2.29. The van der Waals surface area contributed by atoms with E-state index in [2.05, 4.69) is 12.2 Å². The maximum Gasteiger partial charge on any atom is 0.228 e. The molecule has 4 atom stereocenters. The number of fused-ring (bicyclic) bond motifs is 1. The van der Waals surface area contributed by atoms with Crippen LogP contribution in [-0.4, -0.2) is 42.4 Å². The predicted octanol–water partition coefficient (Wildman–Crippen LogP) is 1.01. The number of allylic oxidation sites excluding steroid dienone is 2. The van der Waals surface area contributed by atoms with Crippen molar-refractivity contribution in [1.29, 1.82) is 0 Å². The number of carbonyl (C=O) groups excluding carboxylic acids is 1. The zero-order chi connectivity index (χ0) is 12.4. The highest BCUT2D eigenvalue weighted by atomic mass is 16.5. The maximum absolute atomic E-state index is 12.2. The predicted molar refractivity (Wildman–Crippen MR) is 64.1 cm³/mol.